The van der Waals surface area contributed by atoms with E-state index in [2.05, 4.69) is 205 Å². The Kier molecular flexibility index (Phi) is 11.8. The quantitative estimate of drug-likeness (QED) is 0.156. The van der Waals surface area contributed by atoms with E-state index < -0.39 is 0 Å². The molecule has 0 saturated carbocycles. The second-order valence-electron chi connectivity index (χ2n) is 24.5. The van der Waals surface area contributed by atoms with Gasteiger partial charge in [-0.2, -0.15) is 0 Å². The number of hydrogen-bond donors (Lipinski definition) is 0. The Bertz CT molecular complexity index is 4080. The van der Waals surface area contributed by atoms with Crippen molar-refractivity contribution in [2.45, 2.75) is 105 Å². The summed E-state index contributed by atoms with van der Waals surface area (Å²) in [7, 11) is 0. The lowest BCUT2D eigenvalue weighted by Crippen LogP contribution is -2.10. The molecule has 0 radical (unpaired) electrons. The number of nitrogens with zero attached hydrogens (tertiary/aromatic N) is 7. The molecule has 0 fully saturated rings. The maximum atomic E-state index is 8.33. The van der Waals surface area contributed by atoms with Gasteiger partial charge in [0.25, 0.3) is 0 Å². The first-order valence-corrected chi connectivity index (χ1v) is 26.2. The molecule has 0 N–H and O–H groups in total. The van der Waals surface area contributed by atoms with Gasteiger partial charge in [-0.05, 0) is 134 Å². The predicted molar refractivity (Wildman–Crippen MR) is 318 cm³/mol. The summed E-state index contributed by atoms with van der Waals surface area (Å²) in [6.45, 7) is 43.4. The maximum absolute atomic E-state index is 8.33. The smallest absolute Gasteiger partial charge is 0.188 e. The molecule has 0 unspecified atom stereocenters. The average Bonchev–Trinajstić information content (AvgIpc) is 3.97. The van der Waals surface area contributed by atoms with Gasteiger partial charge < -0.3 is 9.13 Å². The molecule has 0 atom stereocenters. The summed E-state index contributed by atoms with van der Waals surface area (Å²) in [5, 5.41) is 4.66. The number of hydrogen-bond acceptors (Lipinski definition) is 3. The van der Waals surface area contributed by atoms with E-state index >= 15 is 0 Å². The topological polar surface area (TPSA) is 57.2 Å². The van der Waals surface area contributed by atoms with Gasteiger partial charge in [-0.25, -0.2) is 24.6 Å². The van der Waals surface area contributed by atoms with E-state index in [1.807, 2.05) is 60.7 Å². The molecule has 0 aliphatic heterocycles. The predicted octanol–water partition coefficient (Wildman–Crippen LogP) is 19.0. The largest absolute Gasteiger partial charge is 0.309 e. The van der Waals surface area contributed by atoms with Gasteiger partial charge in [0.1, 0.15) is 0 Å². The minimum atomic E-state index is -0.0777. The van der Waals surface area contributed by atoms with Crippen LogP contribution in [0.2, 0.25) is 0 Å². The van der Waals surface area contributed by atoms with E-state index in [9.17, 15) is 0 Å². The van der Waals surface area contributed by atoms with E-state index in [1.54, 1.807) is 0 Å². The lowest BCUT2D eigenvalue weighted by atomic mass is 9.85. The van der Waals surface area contributed by atoms with Gasteiger partial charge in [-0.1, -0.05) is 168 Å². The molecule has 0 saturated heterocycles. The summed E-state index contributed by atoms with van der Waals surface area (Å²) in [5.41, 5.74) is 16.0. The zero-order chi connectivity index (χ0) is 53.6. The highest BCUT2D eigenvalue weighted by molar-refractivity contribution is 6.12. The lowest BCUT2D eigenvalue weighted by molar-refractivity contribution is 0.590. The molecule has 7 heteroatoms. The van der Waals surface area contributed by atoms with Gasteiger partial charge in [0.2, 0.25) is 0 Å². The molecule has 7 nitrogen and oxygen atoms in total. The minimum absolute atomic E-state index is 0.0649. The monoisotopic (exact) mass is 990 g/mol. The molecule has 0 amide bonds. The second kappa shape index (κ2) is 18.0. The van der Waals surface area contributed by atoms with Crippen LogP contribution in [0.1, 0.15) is 105 Å². The Morgan fingerprint density at radius 3 is 1.20 bits per heavy atom. The van der Waals surface area contributed by atoms with Gasteiger partial charge in [0, 0.05) is 38.2 Å². The van der Waals surface area contributed by atoms with Crippen LogP contribution in [0.15, 0.2) is 164 Å². The summed E-state index contributed by atoms with van der Waals surface area (Å²) in [6, 6.07) is 57.7. The summed E-state index contributed by atoms with van der Waals surface area (Å²) >= 11 is 0. The fourth-order valence-corrected chi connectivity index (χ4v) is 10.6. The van der Waals surface area contributed by atoms with Crippen LogP contribution in [0.25, 0.3) is 110 Å². The van der Waals surface area contributed by atoms with Crippen LogP contribution in [0.4, 0.5) is 11.4 Å². The fraction of sp³-hybridized carbons (Fsp3) is 0.232. The Labute approximate surface area is 447 Å². The highest BCUT2D eigenvalue weighted by Gasteiger charge is 2.27. The number of fused-ring (bicyclic) bond motifs is 6. The molecule has 0 aliphatic rings. The van der Waals surface area contributed by atoms with Gasteiger partial charge in [0.05, 0.1) is 46.6 Å². The molecule has 11 rings (SSSR count). The van der Waals surface area contributed by atoms with E-state index in [0.29, 0.717) is 34.4 Å². The van der Waals surface area contributed by atoms with E-state index in [1.165, 1.54) is 22.3 Å². The molecule has 3 heterocycles. The summed E-state index contributed by atoms with van der Waals surface area (Å²) < 4.78 is 4.69. The Balaban J connectivity index is 1.23. The Morgan fingerprint density at radius 1 is 0.329 bits per heavy atom. The number of aromatic nitrogens is 5. The van der Waals surface area contributed by atoms with Crippen molar-refractivity contribution in [1.82, 2.24) is 24.1 Å². The van der Waals surface area contributed by atoms with Crippen molar-refractivity contribution in [3.8, 4) is 56.7 Å². The molecule has 0 bridgehead atoms. The van der Waals surface area contributed by atoms with E-state index in [-0.39, 0.29) is 21.7 Å². The van der Waals surface area contributed by atoms with Crippen molar-refractivity contribution >= 4 is 55.0 Å². The van der Waals surface area contributed by atoms with E-state index in [4.69, 9.17) is 28.1 Å². The van der Waals surface area contributed by atoms with Crippen LogP contribution < -0.4 is 0 Å². The highest BCUT2D eigenvalue weighted by Crippen LogP contribution is 2.44. The van der Waals surface area contributed by atoms with Crippen LogP contribution in [-0.2, 0) is 21.7 Å². The molecule has 76 heavy (non-hydrogen) atoms. The zero-order valence-electron chi connectivity index (χ0n) is 45.7. The summed E-state index contributed by atoms with van der Waals surface area (Å²) in [5.74, 6) is 1.45. The Morgan fingerprint density at radius 2 is 0.737 bits per heavy atom. The first kappa shape index (κ1) is 49.6. The lowest BCUT2D eigenvalue weighted by Gasteiger charge is -2.20. The van der Waals surface area contributed by atoms with Gasteiger partial charge in [0.15, 0.2) is 28.8 Å². The van der Waals surface area contributed by atoms with Crippen molar-refractivity contribution in [1.29, 1.82) is 0 Å². The van der Waals surface area contributed by atoms with Crippen molar-refractivity contribution < 1.29 is 0 Å². The molecular weight excluding hydrogens is 927 g/mol. The molecule has 374 valence electrons. The molecular formula is C69H63N7. The second-order valence-corrected chi connectivity index (χ2v) is 24.5. The average molecular weight is 990 g/mol. The molecule has 8 aromatic carbocycles. The standard InChI is InChI=1S/C69H63N7/c1-66(2,3)45-24-30-57-52(37-45)53-38-46(67(4,5)6)25-31-58(53)75(57)61-34-28-50(71-14)41-56(61)65-73-63(42-19-16-15-17-20-42)72-64(74-65)51-29-23-44(43-21-18-22-49(35-43)70-13)36-62(51)76-59-32-26-47(68(7,8)9)39-54(59)55-40-48(69(10,11)12)27-33-60(55)76/h15-41H,1-12H3. The third kappa shape index (κ3) is 8.80. The van der Waals surface area contributed by atoms with Crippen LogP contribution in [-0.4, -0.2) is 24.1 Å². The zero-order valence-corrected chi connectivity index (χ0v) is 45.7. The van der Waals surface area contributed by atoms with Crippen molar-refractivity contribution in [3.63, 3.8) is 0 Å². The van der Waals surface area contributed by atoms with Crippen molar-refractivity contribution in [2.24, 2.45) is 0 Å². The minimum Gasteiger partial charge on any atom is -0.309 e. The van der Waals surface area contributed by atoms with Gasteiger partial charge in [-0.15, -0.1) is 0 Å². The highest BCUT2D eigenvalue weighted by atomic mass is 15.1. The van der Waals surface area contributed by atoms with Crippen molar-refractivity contribution in [3.05, 3.63) is 209 Å². The molecule has 11 aromatic rings. The van der Waals surface area contributed by atoms with Crippen molar-refractivity contribution in [2.75, 3.05) is 0 Å². The van der Waals surface area contributed by atoms with Gasteiger partial charge in [-0.3, -0.25) is 0 Å². The number of rotatable bonds is 6. The number of benzene rings is 8. The molecule has 3 aromatic heterocycles. The van der Waals surface area contributed by atoms with Crippen LogP contribution in [0.5, 0.6) is 0 Å². The van der Waals surface area contributed by atoms with Crippen LogP contribution in [0, 0.1) is 13.1 Å². The maximum Gasteiger partial charge on any atom is 0.188 e. The summed E-state index contributed by atoms with van der Waals surface area (Å²) in [4.78, 5) is 24.1. The first-order chi connectivity index (χ1) is 36.1. The van der Waals surface area contributed by atoms with Gasteiger partial charge >= 0.3 is 0 Å². The normalized spacial score (nSPS) is 12.4. The molecule has 0 aliphatic carbocycles. The van der Waals surface area contributed by atoms with Crippen LogP contribution >= 0.6 is 0 Å². The molecule has 0 spiro atoms. The third-order valence-corrected chi connectivity index (χ3v) is 15.0. The SMILES string of the molecule is [C-]#[N+]c1cccc(-c2ccc(-c3nc(-c4ccccc4)nc(-c4cc([N+]#[C-])ccc4-n4c5ccc(C(C)(C)C)cc5c5cc(C(C)(C)C)ccc54)n3)c(-n3c4ccc(C(C)(C)C)cc4c4cc(C(C)(C)C)ccc43)c2)c1. The van der Waals surface area contributed by atoms with E-state index in [0.717, 1.165) is 77.2 Å². The third-order valence-electron chi connectivity index (χ3n) is 15.0. The first-order valence-electron chi connectivity index (χ1n) is 26.2. The Hall–Kier alpha value is -8.65. The summed E-state index contributed by atoms with van der Waals surface area (Å²) in [6.07, 6.45) is 0. The fourth-order valence-electron chi connectivity index (χ4n) is 10.6. The van der Waals surface area contributed by atoms with Crippen LogP contribution in [0.3, 0.4) is 0 Å².